The van der Waals surface area contributed by atoms with Crippen LogP contribution in [0, 0.1) is 18.8 Å². The molecule has 1 fully saturated rings. The van der Waals surface area contributed by atoms with E-state index >= 15 is 0 Å². The molecule has 1 aliphatic carbocycles. The maximum atomic E-state index is 12.6. The summed E-state index contributed by atoms with van der Waals surface area (Å²) < 4.78 is 5.58. The van der Waals surface area contributed by atoms with Gasteiger partial charge in [0.05, 0.1) is 18.1 Å². The van der Waals surface area contributed by atoms with E-state index in [9.17, 15) is 9.90 Å². The summed E-state index contributed by atoms with van der Waals surface area (Å²) >= 11 is 0. The Balaban J connectivity index is 1.51. The van der Waals surface area contributed by atoms with Crippen molar-refractivity contribution in [2.24, 2.45) is 11.8 Å². The molecule has 1 N–H and O–H groups in total. The summed E-state index contributed by atoms with van der Waals surface area (Å²) in [6.07, 6.45) is 7.28. The molecule has 0 spiro atoms. The Morgan fingerprint density at radius 3 is 2.70 bits per heavy atom. The minimum absolute atomic E-state index is 0.0654. The molecular weight excluding hydrogens is 342 g/mol. The summed E-state index contributed by atoms with van der Waals surface area (Å²) in [5.41, 5.74) is 1.70. The minimum atomic E-state index is 0.0654. The van der Waals surface area contributed by atoms with Crippen molar-refractivity contribution in [3.05, 3.63) is 42.3 Å². The van der Waals surface area contributed by atoms with Crippen LogP contribution in [0.1, 0.15) is 37.4 Å². The van der Waals surface area contributed by atoms with E-state index in [1.54, 1.807) is 12.4 Å². The molecule has 2 heterocycles. The second-order valence-electron chi connectivity index (χ2n) is 7.35. The molecule has 0 amide bonds. The number of carbonyl (C=O) groups is 1. The SMILES string of the molecule is Cc1ncc(-c2ccc3cnc(CC(=O)C4CCC(CO)CC4)nc3c2)o1. The number of aliphatic hydroxyl groups is 1. The van der Waals surface area contributed by atoms with E-state index < -0.39 is 0 Å². The van der Waals surface area contributed by atoms with Crippen molar-refractivity contribution in [1.82, 2.24) is 15.0 Å². The zero-order chi connectivity index (χ0) is 18.8. The first-order valence-corrected chi connectivity index (χ1v) is 9.44. The number of aliphatic hydroxyl groups excluding tert-OH is 1. The normalized spacial score (nSPS) is 20.1. The molecule has 1 saturated carbocycles. The van der Waals surface area contributed by atoms with Crippen LogP contribution in [0.3, 0.4) is 0 Å². The van der Waals surface area contributed by atoms with Gasteiger partial charge in [0.2, 0.25) is 0 Å². The Labute approximate surface area is 157 Å². The summed E-state index contributed by atoms with van der Waals surface area (Å²) in [5.74, 6) is 2.50. The third kappa shape index (κ3) is 3.90. The molecule has 140 valence electrons. The first kappa shape index (κ1) is 17.8. The van der Waals surface area contributed by atoms with Crippen molar-refractivity contribution in [1.29, 1.82) is 0 Å². The number of hydrogen-bond acceptors (Lipinski definition) is 6. The monoisotopic (exact) mass is 365 g/mol. The highest BCUT2D eigenvalue weighted by Gasteiger charge is 2.26. The maximum Gasteiger partial charge on any atom is 0.191 e. The number of Topliss-reactive ketones (excluding diaryl/α,β-unsaturated/α-hetero) is 1. The number of nitrogens with zero attached hydrogens (tertiary/aromatic N) is 3. The van der Waals surface area contributed by atoms with Crippen LogP contribution in [0.2, 0.25) is 0 Å². The average Bonchev–Trinajstić information content (AvgIpc) is 3.14. The van der Waals surface area contributed by atoms with E-state index in [4.69, 9.17) is 4.42 Å². The lowest BCUT2D eigenvalue weighted by Crippen LogP contribution is -2.25. The van der Waals surface area contributed by atoms with E-state index in [0.29, 0.717) is 23.4 Å². The van der Waals surface area contributed by atoms with Crippen molar-refractivity contribution >= 4 is 16.7 Å². The Kier molecular flexibility index (Phi) is 4.99. The molecule has 0 saturated heterocycles. The quantitative estimate of drug-likeness (QED) is 0.744. The lowest BCUT2D eigenvalue weighted by molar-refractivity contribution is -0.123. The Hall–Kier alpha value is -2.60. The number of fused-ring (bicyclic) bond motifs is 1. The van der Waals surface area contributed by atoms with E-state index in [2.05, 4.69) is 15.0 Å². The van der Waals surface area contributed by atoms with Crippen LogP contribution in [0.15, 0.2) is 35.0 Å². The highest BCUT2D eigenvalue weighted by atomic mass is 16.4. The fourth-order valence-electron chi connectivity index (χ4n) is 3.76. The van der Waals surface area contributed by atoms with Crippen molar-refractivity contribution in [3.8, 4) is 11.3 Å². The van der Waals surface area contributed by atoms with E-state index in [-0.39, 0.29) is 24.7 Å². The Morgan fingerprint density at radius 1 is 1.19 bits per heavy atom. The van der Waals surface area contributed by atoms with Crippen LogP contribution in [-0.4, -0.2) is 32.4 Å². The maximum absolute atomic E-state index is 12.6. The van der Waals surface area contributed by atoms with Gasteiger partial charge in [0.1, 0.15) is 11.6 Å². The van der Waals surface area contributed by atoms with Gasteiger partial charge in [-0.05, 0) is 37.7 Å². The molecule has 0 bridgehead atoms. The minimum Gasteiger partial charge on any atom is -0.441 e. The lowest BCUT2D eigenvalue weighted by Gasteiger charge is -2.26. The van der Waals surface area contributed by atoms with Crippen molar-refractivity contribution in [2.75, 3.05) is 6.61 Å². The van der Waals surface area contributed by atoms with Crippen molar-refractivity contribution in [2.45, 2.75) is 39.0 Å². The van der Waals surface area contributed by atoms with Gasteiger partial charge in [-0.1, -0.05) is 12.1 Å². The largest absolute Gasteiger partial charge is 0.441 e. The van der Waals surface area contributed by atoms with Crippen LogP contribution in [0.25, 0.3) is 22.2 Å². The van der Waals surface area contributed by atoms with Gasteiger partial charge in [0.15, 0.2) is 11.7 Å². The second kappa shape index (κ2) is 7.56. The van der Waals surface area contributed by atoms with E-state index in [0.717, 1.165) is 42.1 Å². The molecule has 1 aromatic carbocycles. The van der Waals surface area contributed by atoms with Gasteiger partial charge in [-0.2, -0.15) is 0 Å². The number of ketones is 1. The standard InChI is InChI=1S/C21H23N3O3/c1-13-22-11-20(27-13)16-6-7-17-10-23-21(24-18(17)8-16)9-19(26)15-4-2-14(12-25)3-5-15/h6-8,10-11,14-15,25H,2-5,9,12H2,1H3. The predicted octanol–water partition coefficient (Wildman–Crippen LogP) is 3.50. The zero-order valence-corrected chi connectivity index (χ0v) is 15.4. The number of oxazole rings is 1. The molecule has 0 unspecified atom stereocenters. The van der Waals surface area contributed by atoms with Gasteiger partial charge in [0.25, 0.3) is 0 Å². The molecule has 6 heteroatoms. The van der Waals surface area contributed by atoms with Crippen LogP contribution >= 0.6 is 0 Å². The Morgan fingerprint density at radius 2 is 2.00 bits per heavy atom. The molecule has 0 radical (unpaired) electrons. The highest BCUT2D eigenvalue weighted by Crippen LogP contribution is 2.30. The smallest absolute Gasteiger partial charge is 0.191 e. The number of aromatic nitrogens is 3. The number of carbonyl (C=O) groups excluding carboxylic acids is 1. The fraction of sp³-hybridized carbons (Fsp3) is 0.429. The topological polar surface area (TPSA) is 89.1 Å². The molecule has 0 aliphatic heterocycles. The lowest BCUT2D eigenvalue weighted by atomic mass is 9.80. The van der Waals surface area contributed by atoms with E-state index in [1.165, 1.54) is 0 Å². The number of hydrogen-bond donors (Lipinski definition) is 1. The molecule has 1 aliphatic rings. The van der Waals surface area contributed by atoms with E-state index in [1.807, 2.05) is 25.1 Å². The third-order valence-electron chi connectivity index (χ3n) is 5.43. The average molecular weight is 365 g/mol. The fourth-order valence-corrected chi connectivity index (χ4v) is 3.76. The molecule has 3 aromatic rings. The molecule has 2 aromatic heterocycles. The molecule has 4 rings (SSSR count). The van der Waals surface area contributed by atoms with Gasteiger partial charge in [-0.3, -0.25) is 4.79 Å². The van der Waals surface area contributed by atoms with Crippen molar-refractivity contribution in [3.63, 3.8) is 0 Å². The summed E-state index contributed by atoms with van der Waals surface area (Å²) in [6.45, 7) is 2.03. The zero-order valence-electron chi connectivity index (χ0n) is 15.4. The summed E-state index contributed by atoms with van der Waals surface area (Å²) in [7, 11) is 0. The second-order valence-corrected chi connectivity index (χ2v) is 7.35. The van der Waals surface area contributed by atoms with Gasteiger partial charge in [-0.25, -0.2) is 15.0 Å². The highest BCUT2D eigenvalue weighted by molar-refractivity contribution is 5.85. The number of aryl methyl sites for hydroxylation is 1. The Bertz CT molecular complexity index is 958. The van der Waals surface area contributed by atoms with Crippen molar-refractivity contribution < 1.29 is 14.3 Å². The number of rotatable bonds is 5. The number of benzene rings is 1. The first-order chi connectivity index (χ1) is 13.1. The van der Waals surface area contributed by atoms with Crippen LogP contribution in [-0.2, 0) is 11.2 Å². The molecule has 6 nitrogen and oxygen atoms in total. The summed E-state index contributed by atoms with van der Waals surface area (Å²) in [5, 5.41) is 10.2. The predicted molar refractivity (Wildman–Crippen MR) is 101 cm³/mol. The van der Waals surface area contributed by atoms with Gasteiger partial charge >= 0.3 is 0 Å². The van der Waals surface area contributed by atoms with Crippen LogP contribution in [0.4, 0.5) is 0 Å². The van der Waals surface area contributed by atoms with Crippen LogP contribution < -0.4 is 0 Å². The van der Waals surface area contributed by atoms with Gasteiger partial charge < -0.3 is 9.52 Å². The molecule has 27 heavy (non-hydrogen) atoms. The third-order valence-corrected chi connectivity index (χ3v) is 5.43. The summed E-state index contributed by atoms with van der Waals surface area (Å²) in [4.78, 5) is 25.7. The van der Waals surface area contributed by atoms with Crippen LogP contribution in [0.5, 0.6) is 0 Å². The molecule has 0 atom stereocenters. The van der Waals surface area contributed by atoms with Gasteiger partial charge in [-0.15, -0.1) is 0 Å². The summed E-state index contributed by atoms with van der Waals surface area (Å²) in [6, 6.07) is 5.85. The first-order valence-electron chi connectivity index (χ1n) is 9.44. The van der Waals surface area contributed by atoms with Gasteiger partial charge in [0, 0.05) is 36.6 Å². The molecular formula is C21H23N3O3.